The third kappa shape index (κ3) is 2.96. The molecule has 16 heavy (non-hydrogen) atoms. The molecule has 0 aliphatic carbocycles. The summed E-state index contributed by atoms with van der Waals surface area (Å²) in [5.41, 5.74) is 5.40. The fourth-order valence-corrected chi connectivity index (χ4v) is 1.66. The molecule has 0 aromatic carbocycles. The Kier molecular flexibility index (Phi) is 3.53. The van der Waals surface area contributed by atoms with Crippen LogP contribution in [0.15, 0.2) is 22.4 Å². The van der Waals surface area contributed by atoms with Gasteiger partial charge in [0.15, 0.2) is 9.84 Å². The van der Waals surface area contributed by atoms with Gasteiger partial charge in [-0.2, -0.15) is 5.10 Å². The second-order valence-electron chi connectivity index (χ2n) is 3.60. The van der Waals surface area contributed by atoms with Gasteiger partial charge in [-0.15, -0.1) is 0 Å². The Labute approximate surface area is 93.5 Å². The normalized spacial score (nSPS) is 15.0. The Hall–Kier alpha value is -1.57. The number of nitrogens with two attached hydrogens (primary N) is 1. The number of nitrogens with zero attached hydrogens (tertiary/aromatic N) is 3. The van der Waals surface area contributed by atoms with Crippen LogP contribution < -0.4 is 5.73 Å². The number of aromatic nitrogens is 2. The number of oxime groups is 1. The fraction of sp³-hybridized carbons (Fsp3) is 0.500. The summed E-state index contributed by atoms with van der Waals surface area (Å²) in [5.74, 6) is -0.145. The second-order valence-corrected chi connectivity index (χ2v) is 5.61. The van der Waals surface area contributed by atoms with Gasteiger partial charge in [-0.3, -0.25) is 4.68 Å². The van der Waals surface area contributed by atoms with Gasteiger partial charge >= 0.3 is 0 Å². The van der Waals surface area contributed by atoms with Crippen LogP contribution in [0.5, 0.6) is 0 Å². The van der Waals surface area contributed by atoms with Crippen molar-refractivity contribution in [1.82, 2.24) is 9.78 Å². The average Bonchev–Trinajstić information content (AvgIpc) is 2.64. The van der Waals surface area contributed by atoms with Crippen LogP contribution in [0, 0.1) is 5.92 Å². The van der Waals surface area contributed by atoms with Crippen LogP contribution >= 0.6 is 0 Å². The highest BCUT2D eigenvalue weighted by molar-refractivity contribution is 7.90. The minimum atomic E-state index is -3.24. The van der Waals surface area contributed by atoms with Gasteiger partial charge in [0.2, 0.25) is 0 Å². The molecule has 90 valence electrons. The van der Waals surface area contributed by atoms with E-state index < -0.39 is 9.84 Å². The van der Waals surface area contributed by atoms with Crippen molar-refractivity contribution in [3.05, 3.63) is 12.4 Å². The summed E-state index contributed by atoms with van der Waals surface area (Å²) in [6.07, 6.45) is 3.80. The van der Waals surface area contributed by atoms with Crippen LogP contribution in [-0.4, -0.2) is 35.5 Å². The molecule has 8 heteroatoms. The molecule has 1 atom stereocenters. The first-order valence-electron chi connectivity index (χ1n) is 4.54. The molecule has 1 heterocycles. The summed E-state index contributed by atoms with van der Waals surface area (Å²) >= 11 is 0. The SMILES string of the molecule is CC(Cn1cc(S(C)(=O)=O)cn1)/C(N)=N/O. The maximum absolute atomic E-state index is 11.2. The first-order chi connectivity index (χ1) is 7.34. The molecule has 0 saturated carbocycles. The molecular weight excluding hydrogens is 232 g/mol. The third-order valence-corrected chi connectivity index (χ3v) is 3.19. The van der Waals surface area contributed by atoms with E-state index in [9.17, 15) is 8.42 Å². The number of rotatable bonds is 4. The van der Waals surface area contributed by atoms with Gasteiger partial charge in [0.05, 0.1) is 12.7 Å². The van der Waals surface area contributed by atoms with Crippen LogP contribution in [-0.2, 0) is 16.4 Å². The van der Waals surface area contributed by atoms with E-state index in [0.29, 0.717) is 6.54 Å². The maximum atomic E-state index is 11.2. The van der Waals surface area contributed by atoms with Gasteiger partial charge in [-0.05, 0) is 0 Å². The van der Waals surface area contributed by atoms with Crippen LogP contribution in [0.1, 0.15) is 6.92 Å². The van der Waals surface area contributed by atoms with Crippen molar-refractivity contribution in [3.63, 3.8) is 0 Å². The monoisotopic (exact) mass is 246 g/mol. The first kappa shape index (κ1) is 12.5. The number of hydrogen-bond donors (Lipinski definition) is 2. The topological polar surface area (TPSA) is 111 Å². The molecule has 0 aliphatic heterocycles. The summed E-state index contributed by atoms with van der Waals surface area (Å²) in [4.78, 5) is 0.152. The highest BCUT2D eigenvalue weighted by Crippen LogP contribution is 2.08. The van der Waals surface area contributed by atoms with E-state index >= 15 is 0 Å². The van der Waals surface area contributed by atoms with Crippen molar-refractivity contribution in [2.45, 2.75) is 18.4 Å². The highest BCUT2D eigenvalue weighted by atomic mass is 32.2. The average molecular weight is 246 g/mol. The Morgan fingerprint density at radius 1 is 1.75 bits per heavy atom. The van der Waals surface area contributed by atoms with Gasteiger partial charge in [-0.1, -0.05) is 12.1 Å². The molecule has 1 aromatic rings. The van der Waals surface area contributed by atoms with E-state index in [0.717, 1.165) is 6.26 Å². The number of sulfone groups is 1. The largest absolute Gasteiger partial charge is 0.409 e. The van der Waals surface area contributed by atoms with Gasteiger partial charge in [0, 0.05) is 18.4 Å². The molecule has 0 spiro atoms. The summed E-state index contributed by atoms with van der Waals surface area (Å²) in [5, 5.41) is 15.2. The zero-order chi connectivity index (χ0) is 12.3. The van der Waals surface area contributed by atoms with Gasteiger partial charge in [0.25, 0.3) is 0 Å². The van der Waals surface area contributed by atoms with Crippen molar-refractivity contribution < 1.29 is 13.6 Å². The van der Waals surface area contributed by atoms with Gasteiger partial charge in [-0.25, -0.2) is 8.42 Å². The smallest absolute Gasteiger partial charge is 0.178 e. The Morgan fingerprint density at radius 2 is 2.38 bits per heavy atom. The summed E-state index contributed by atoms with van der Waals surface area (Å²) < 4.78 is 23.8. The van der Waals surface area contributed by atoms with E-state index in [4.69, 9.17) is 10.9 Å². The molecule has 7 nitrogen and oxygen atoms in total. The lowest BCUT2D eigenvalue weighted by molar-refractivity contribution is 0.313. The molecule has 0 radical (unpaired) electrons. The summed E-state index contributed by atoms with van der Waals surface area (Å²) in [7, 11) is -3.24. The van der Waals surface area contributed by atoms with Crippen molar-refractivity contribution in [1.29, 1.82) is 0 Å². The lowest BCUT2D eigenvalue weighted by Gasteiger charge is -2.08. The van der Waals surface area contributed by atoms with Gasteiger partial charge < -0.3 is 10.9 Å². The summed E-state index contributed by atoms with van der Waals surface area (Å²) in [6.45, 7) is 2.10. The zero-order valence-electron chi connectivity index (χ0n) is 9.03. The van der Waals surface area contributed by atoms with Crippen molar-refractivity contribution in [3.8, 4) is 0 Å². The molecule has 0 aliphatic rings. The van der Waals surface area contributed by atoms with E-state index in [1.54, 1.807) is 6.92 Å². The first-order valence-corrected chi connectivity index (χ1v) is 6.43. The number of hydrogen-bond acceptors (Lipinski definition) is 5. The van der Waals surface area contributed by atoms with E-state index in [1.165, 1.54) is 17.1 Å². The maximum Gasteiger partial charge on any atom is 0.178 e. The Balaban J connectivity index is 2.81. The molecule has 0 fully saturated rings. The fourth-order valence-electron chi connectivity index (χ4n) is 1.11. The minimum absolute atomic E-state index is 0.0800. The van der Waals surface area contributed by atoms with Crippen LogP contribution in [0.2, 0.25) is 0 Å². The molecule has 1 rings (SSSR count). The second kappa shape index (κ2) is 4.52. The molecule has 1 unspecified atom stereocenters. The standard InChI is InChI=1S/C8H14N4O3S/c1-6(8(9)11-13)4-12-5-7(3-10-12)16(2,14)15/h3,5-6,13H,4H2,1-2H3,(H2,9,11). The minimum Gasteiger partial charge on any atom is -0.409 e. The quantitative estimate of drug-likeness (QED) is 0.327. The van der Waals surface area contributed by atoms with Gasteiger partial charge in [0.1, 0.15) is 10.7 Å². The molecular formula is C8H14N4O3S. The molecule has 3 N–H and O–H groups in total. The lowest BCUT2D eigenvalue weighted by atomic mass is 10.1. The van der Waals surface area contributed by atoms with Crippen molar-refractivity contribution in [2.24, 2.45) is 16.8 Å². The third-order valence-electron chi connectivity index (χ3n) is 2.12. The molecule has 0 amide bonds. The number of amidine groups is 1. The lowest BCUT2D eigenvalue weighted by Crippen LogP contribution is -2.25. The van der Waals surface area contributed by atoms with Crippen LogP contribution in [0.4, 0.5) is 0 Å². The van der Waals surface area contributed by atoms with Crippen molar-refractivity contribution >= 4 is 15.7 Å². The van der Waals surface area contributed by atoms with Crippen LogP contribution in [0.25, 0.3) is 0 Å². The Bertz CT molecular complexity index is 491. The van der Waals surface area contributed by atoms with E-state index in [2.05, 4.69) is 10.3 Å². The highest BCUT2D eigenvalue weighted by Gasteiger charge is 2.13. The van der Waals surface area contributed by atoms with Crippen molar-refractivity contribution in [2.75, 3.05) is 6.26 Å². The Morgan fingerprint density at radius 3 is 2.81 bits per heavy atom. The summed E-state index contributed by atoms with van der Waals surface area (Å²) in [6, 6.07) is 0. The van der Waals surface area contributed by atoms with E-state index in [1.807, 2.05) is 0 Å². The molecule has 1 aromatic heterocycles. The molecule has 0 bridgehead atoms. The zero-order valence-corrected chi connectivity index (χ0v) is 9.85. The van der Waals surface area contributed by atoms with Crippen LogP contribution in [0.3, 0.4) is 0 Å². The molecule has 0 saturated heterocycles. The predicted octanol–water partition coefficient (Wildman–Crippen LogP) is -0.331. The predicted molar refractivity (Wildman–Crippen MR) is 57.9 cm³/mol. The van der Waals surface area contributed by atoms with E-state index in [-0.39, 0.29) is 16.6 Å².